The molecule has 2 aromatic heterocycles. The van der Waals surface area contributed by atoms with E-state index in [9.17, 15) is 0 Å². The van der Waals surface area contributed by atoms with Gasteiger partial charge in [0.15, 0.2) is 4.96 Å². The fourth-order valence-electron chi connectivity index (χ4n) is 2.29. The maximum absolute atomic E-state index is 4.62. The van der Waals surface area contributed by atoms with E-state index in [1.54, 1.807) is 23.1 Å². The van der Waals surface area contributed by atoms with Crippen molar-refractivity contribution in [1.82, 2.24) is 9.38 Å². The van der Waals surface area contributed by atoms with Crippen LogP contribution in [-0.2, 0) is 6.54 Å². The number of anilines is 1. The van der Waals surface area contributed by atoms with Crippen LogP contribution in [0.15, 0.2) is 34.5 Å². The summed E-state index contributed by atoms with van der Waals surface area (Å²) in [5.74, 6) is 0. The smallest absolute Gasteiger partial charge is 0.194 e. The molecule has 1 N–H and O–H groups in total. The highest BCUT2D eigenvalue weighted by Gasteiger charge is 2.11. The summed E-state index contributed by atoms with van der Waals surface area (Å²) in [4.78, 5) is 6.97. The number of aromatic nitrogens is 2. The molecule has 0 radical (unpaired) electrons. The zero-order chi connectivity index (χ0) is 14.1. The van der Waals surface area contributed by atoms with Crippen molar-refractivity contribution in [3.05, 3.63) is 46.7 Å². The largest absolute Gasteiger partial charge is 0.379 e. The van der Waals surface area contributed by atoms with Crippen molar-refractivity contribution in [2.45, 2.75) is 25.3 Å². The van der Waals surface area contributed by atoms with Gasteiger partial charge < -0.3 is 5.32 Å². The molecular weight excluding hydrogens is 286 g/mol. The second kappa shape index (κ2) is 5.50. The van der Waals surface area contributed by atoms with E-state index in [1.165, 1.54) is 16.3 Å². The normalized spacial score (nSPS) is 11.2. The van der Waals surface area contributed by atoms with Crippen LogP contribution in [0, 0.1) is 13.8 Å². The van der Waals surface area contributed by atoms with E-state index in [-0.39, 0.29) is 0 Å². The average Bonchev–Trinajstić information content (AvgIpc) is 2.96. The SMILES string of the molecule is CSc1cccc(NCc2c(C)nc3scc(C)n23)c1. The van der Waals surface area contributed by atoms with Gasteiger partial charge in [0.25, 0.3) is 0 Å². The number of thiazole rings is 1. The van der Waals surface area contributed by atoms with Gasteiger partial charge in [-0.3, -0.25) is 4.40 Å². The second-order valence-electron chi connectivity index (χ2n) is 4.72. The Morgan fingerprint density at radius 3 is 3.00 bits per heavy atom. The summed E-state index contributed by atoms with van der Waals surface area (Å²) in [6.07, 6.45) is 2.10. The molecule has 5 heteroatoms. The first kappa shape index (κ1) is 13.5. The fourth-order valence-corrected chi connectivity index (χ4v) is 3.68. The molecule has 0 amide bonds. The predicted octanol–water partition coefficient (Wildman–Crippen LogP) is 4.35. The van der Waals surface area contributed by atoms with Crippen molar-refractivity contribution < 1.29 is 0 Å². The van der Waals surface area contributed by atoms with Gasteiger partial charge in [0.1, 0.15) is 0 Å². The molecule has 0 bridgehead atoms. The fraction of sp³-hybridized carbons (Fsp3) is 0.267. The van der Waals surface area contributed by atoms with Crippen molar-refractivity contribution >= 4 is 33.7 Å². The van der Waals surface area contributed by atoms with Crippen molar-refractivity contribution in [2.24, 2.45) is 0 Å². The molecule has 1 aromatic carbocycles. The Bertz CT molecular complexity index is 743. The maximum atomic E-state index is 4.62. The molecule has 0 saturated heterocycles. The van der Waals surface area contributed by atoms with E-state index in [2.05, 4.69) is 64.5 Å². The molecule has 3 nitrogen and oxygen atoms in total. The molecule has 0 aliphatic heterocycles. The number of hydrogen-bond donors (Lipinski definition) is 1. The van der Waals surface area contributed by atoms with Gasteiger partial charge in [-0.2, -0.15) is 0 Å². The molecule has 0 aliphatic carbocycles. The number of benzene rings is 1. The van der Waals surface area contributed by atoms with Gasteiger partial charge in [-0.15, -0.1) is 23.1 Å². The molecule has 0 unspecified atom stereocenters. The van der Waals surface area contributed by atoms with E-state index in [0.717, 1.165) is 22.9 Å². The lowest BCUT2D eigenvalue weighted by atomic mass is 10.3. The van der Waals surface area contributed by atoms with Gasteiger partial charge in [0.05, 0.1) is 17.9 Å². The molecule has 0 atom stereocenters. The summed E-state index contributed by atoms with van der Waals surface area (Å²) >= 11 is 3.46. The maximum Gasteiger partial charge on any atom is 0.194 e. The molecule has 3 aromatic rings. The number of aryl methyl sites for hydroxylation is 2. The first-order chi connectivity index (χ1) is 9.69. The Labute approximate surface area is 127 Å². The van der Waals surface area contributed by atoms with Crippen LogP contribution in [0.2, 0.25) is 0 Å². The van der Waals surface area contributed by atoms with Gasteiger partial charge in [-0.1, -0.05) is 6.07 Å². The zero-order valence-corrected chi connectivity index (χ0v) is 13.4. The van der Waals surface area contributed by atoms with E-state index in [4.69, 9.17) is 0 Å². The van der Waals surface area contributed by atoms with E-state index in [0.29, 0.717) is 0 Å². The van der Waals surface area contributed by atoms with Gasteiger partial charge in [-0.25, -0.2) is 4.98 Å². The van der Waals surface area contributed by atoms with Gasteiger partial charge in [-0.05, 0) is 38.3 Å². The molecule has 104 valence electrons. The van der Waals surface area contributed by atoms with Crippen molar-refractivity contribution in [1.29, 1.82) is 0 Å². The van der Waals surface area contributed by atoms with E-state index < -0.39 is 0 Å². The zero-order valence-electron chi connectivity index (χ0n) is 11.8. The number of imidazole rings is 1. The van der Waals surface area contributed by atoms with Gasteiger partial charge >= 0.3 is 0 Å². The highest BCUT2D eigenvalue weighted by atomic mass is 32.2. The topological polar surface area (TPSA) is 29.3 Å². The lowest BCUT2D eigenvalue weighted by molar-refractivity contribution is 0.966. The summed E-state index contributed by atoms with van der Waals surface area (Å²) in [5, 5.41) is 5.65. The summed E-state index contributed by atoms with van der Waals surface area (Å²) in [5.41, 5.74) is 4.75. The minimum absolute atomic E-state index is 0.794. The summed E-state index contributed by atoms with van der Waals surface area (Å²) in [6, 6.07) is 8.50. The Morgan fingerprint density at radius 2 is 2.20 bits per heavy atom. The number of thioether (sulfide) groups is 1. The summed E-state index contributed by atoms with van der Waals surface area (Å²) < 4.78 is 2.24. The number of nitrogens with one attached hydrogen (secondary N) is 1. The quantitative estimate of drug-likeness (QED) is 0.727. The van der Waals surface area contributed by atoms with Crippen molar-refractivity contribution in [3.8, 4) is 0 Å². The first-order valence-corrected chi connectivity index (χ1v) is 8.59. The molecular formula is C15H17N3S2. The third-order valence-electron chi connectivity index (χ3n) is 3.36. The Balaban J connectivity index is 1.86. The minimum Gasteiger partial charge on any atom is -0.379 e. The summed E-state index contributed by atoms with van der Waals surface area (Å²) in [6.45, 7) is 5.00. The first-order valence-electron chi connectivity index (χ1n) is 6.49. The second-order valence-corrected chi connectivity index (χ2v) is 6.44. The number of hydrogen-bond acceptors (Lipinski definition) is 4. The minimum atomic E-state index is 0.794. The molecule has 20 heavy (non-hydrogen) atoms. The molecule has 3 rings (SSSR count). The number of fused-ring (bicyclic) bond motifs is 1. The van der Waals surface area contributed by atoms with Crippen LogP contribution >= 0.6 is 23.1 Å². The van der Waals surface area contributed by atoms with Crippen LogP contribution in [-0.4, -0.2) is 15.6 Å². The van der Waals surface area contributed by atoms with Crippen LogP contribution < -0.4 is 5.32 Å². The van der Waals surface area contributed by atoms with Crippen LogP contribution in [0.4, 0.5) is 5.69 Å². The molecule has 0 aliphatic rings. The third-order valence-corrected chi connectivity index (χ3v) is 5.03. The Kier molecular flexibility index (Phi) is 3.72. The molecule has 2 heterocycles. The van der Waals surface area contributed by atoms with Gasteiger partial charge in [0, 0.05) is 21.7 Å². The van der Waals surface area contributed by atoms with E-state index in [1.807, 2.05) is 0 Å². The lowest BCUT2D eigenvalue weighted by Gasteiger charge is -2.08. The monoisotopic (exact) mass is 303 g/mol. The standard InChI is InChI=1S/C15H17N3S2/c1-10-9-20-15-17-11(2)14(18(10)15)8-16-12-5-4-6-13(7-12)19-3/h4-7,9,16H,8H2,1-3H3. The van der Waals surface area contributed by atoms with Crippen LogP contribution in [0.3, 0.4) is 0 Å². The Hall–Kier alpha value is -1.46. The number of nitrogens with zero attached hydrogens (tertiary/aromatic N) is 2. The van der Waals surface area contributed by atoms with E-state index >= 15 is 0 Å². The van der Waals surface area contributed by atoms with Crippen LogP contribution in [0.25, 0.3) is 4.96 Å². The highest BCUT2D eigenvalue weighted by Crippen LogP contribution is 2.23. The predicted molar refractivity (Wildman–Crippen MR) is 88.1 cm³/mol. The average molecular weight is 303 g/mol. The van der Waals surface area contributed by atoms with Crippen molar-refractivity contribution in [3.63, 3.8) is 0 Å². The summed E-state index contributed by atoms with van der Waals surface area (Å²) in [7, 11) is 0. The van der Waals surface area contributed by atoms with Gasteiger partial charge in [0.2, 0.25) is 0 Å². The molecule has 0 saturated carbocycles. The molecule has 0 spiro atoms. The number of rotatable bonds is 4. The third kappa shape index (κ3) is 2.43. The lowest BCUT2D eigenvalue weighted by Crippen LogP contribution is -2.04. The Morgan fingerprint density at radius 1 is 1.35 bits per heavy atom. The van der Waals surface area contributed by atoms with Crippen LogP contribution in [0.1, 0.15) is 17.1 Å². The molecule has 0 fully saturated rings. The highest BCUT2D eigenvalue weighted by molar-refractivity contribution is 7.98. The van der Waals surface area contributed by atoms with Crippen molar-refractivity contribution in [2.75, 3.05) is 11.6 Å². The van der Waals surface area contributed by atoms with Crippen LogP contribution in [0.5, 0.6) is 0 Å².